The van der Waals surface area contributed by atoms with Crippen molar-refractivity contribution < 1.29 is 19.4 Å². The van der Waals surface area contributed by atoms with E-state index in [0.29, 0.717) is 43.4 Å². The standard InChI is InChI=1S/C26H32ClN3O4/c1-26(14-34-13-22(26)31)30-5-2-15(3-6-30)19-8-16-10-23(28-11-17(16)9-21(19)27)29-25(32)24-18-4-7-33-12-20(18)24/h8-11,15,18,20,22,24,31H,2-7,12-14H2,1H3,(H,28,29,32)/t18-,20+,22-,24-,26+/m0/s1. The fraction of sp³-hybridized carbons (Fsp3) is 0.615. The van der Waals surface area contributed by atoms with E-state index in [9.17, 15) is 9.90 Å². The highest BCUT2D eigenvalue weighted by Crippen LogP contribution is 2.51. The molecule has 34 heavy (non-hydrogen) atoms. The van der Waals surface area contributed by atoms with Crippen LogP contribution < -0.4 is 5.32 Å². The first kappa shape index (κ1) is 22.7. The average molecular weight is 486 g/mol. The summed E-state index contributed by atoms with van der Waals surface area (Å²) in [5.74, 6) is 1.89. The fourth-order valence-electron chi connectivity index (χ4n) is 6.32. The molecule has 7 nitrogen and oxygen atoms in total. The van der Waals surface area contributed by atoms with Crippen LogP contribution in [0.25, 0.3) is 10.8 Å². The second-order valence-corrected chi connectivity index (χ2v) is 11.1. The van der Waals surface area contributed by atoms with Crippen LogP contribution in [0.5, 0.6) is 0 Å². The van der Waals surface area contributed by atoms with Crippen LogP contribution >= 0.6 is 11.6 Å². The van der Waals surface area contributed by atoms with Gasteiger partial charge in [0.25, 0.3) is 0 Å². The van der Waals surface area contributed by atoms with Crippen molar-refractivity contribution in [3.8, 4) is 0 Å². The Hall–Kier alpha value is -1.77. The van der Waals surface area contributed by atoms with Crippen molar-refractivity contribution in [2.24, 2.45) is 17.8 Å². The maximum atomic E-state index is 12.8. The number of halogens is 1. The number of likely N-dealkylation sites (tertiary alicyclic amines) is 1. The number of carbonyl (C=O) groups excluding carboxylic acids is 1. The molecule has 0 radical (unpaired) electrons. The number of aromatic nitrogens is 1. The number of ether oxygens (including phenoxy) is 2. The van der Waals surface area contributed by atoms with E-state index < -0.39 is 6.10 Å². The summed E-state index contributed by atoms with van der Waals surface area (Å²) < 4.78 is 11.0. The number of pyridine rings is 1. The van der Waals surface area contributed by atoms with E-state index in [2.05, 4.69) is 28.2 Å². The summed E-state index contributed by atoms with van der Waals surface area (Å²) in [6.07, 6.45) is 4.28. The molecule has 8 heteroatoms. The summed E-state index contributed by atoms with van der Waals surface area (Å²) in [5, 5.41) is 16.2. The van der Waals surface area contributed by atoms with Gasteiger partial charge in [-0.1, -0.05) is 11.6 Å². The summed E-state index contributed by atoms with van der Waals surface area (Å²) in [5.41, 5.74) is 0.846. The van der Waals surface area contributed by atoms with Gasteiger partial charge in [-0.25, -0.2) is 4.98 Å². The van der Waals surface area contributed by atoms with Gasteiger partial charge in [0.05, 0.1) is 31.5 Å². The molecule has 1 aliphatic carbocycles. The van der Waals surface area contributed by atoms with Gasteiger partial charge in [-0.05, 0) is 86.2 Å². The van der Waals surface area contributed by atoms with Crippen molar-refractivity contribution in [1.29, 1.82) is 0 Å². The van der Waals surface area contributed by atoms with E-state index in [1.807, 2.05) is 12.1 Å². The van der Waals surface area contributed by atoms with Gasteiger partial charge in [-0.3, -0.25) is 9.69 Å². The molecule has 5 atom stereocenters. The second-order valence-electron chi connectivity index (χ2n) is 10.6. The zero-order valence-electron chi connectivity index (χ0n) is 19.5. The largest absolute Gasteiger partial charge is 0.389 e. The van der Waals surface area contributed by atoms with Crippen molar-refractivity contribution in [3.05, 3.63) is 35.0 Å². The zero-order chi connectivity index (χ0) is 23.4. The normalized spacial score (nSPS) is 34.2. The predicted octanol–water partition coefficient (Wildman–Crippen LogP) is 3.44. The predicted molar refractivity (Wildman–Crippen MR) is 130 cm³/mol. The minimum Gasteiger partial charge on any atom is -0.389 e. The highest BCUT2D eigenvalue weighted by atomic mass is 35.5. The Morgan fingerprint density at radius 3 is 2.68 bits per heavy atom. The molecule has 6 rings (SSSR count). The van der Waals surface area contributed by atoms with Gasteiger partial charge < -0.3 is 19.9 Å². The number of anilines is 1. The number of nitrogens with one attached hydrogen (secondary N) is 1. The lowest BCUT2D eigenvalue weighted by molar-refractivity contribution is -0.117. The molecule has 1 saturated carbocycles. The zero-order valence-corrected chi connectivity index (χ0v) is 20.3. The average Bonchev–Trinajstić information content (AvgIpc) is 3.48. The third-order valence-electron chi connectivity index (χ3n) is 8.67. The monoisotopic (exact) mass is 485 g/mol. The van der Waals surface area contributed by atoms with Gasteiger partial charge in [-0.15, -0.1) is 0 Å². The van der Waals surface area contributed by atoms with Gasteiger partial charge in [0, 0.05) is 29.1 Å². The molecule has 1 amide bonds. The summed E-state index contributed by atoms with van der Waals surface area (Å²) in [6.45, 7) is 6.35. The number of aliphatic hydroxyl groups excluding tert-OH is 1. The molecule has 4 heterocycles. The maximum absolute atomic E-state index is 12.8. The molecule has 3 saturated heterocycles. The van der Waals surface area contributed by atoms with Crippen LogP contribution in [-0.2, 0) is 14.3 Å². The number of fused-ring (bicyclic) bond motifs is 2. The van der Waals surface area contributed by atoms with Crippen LogP contribution in [0.15, 0.2) is 24.4 Å². The molecule has 0 bridgehead atoms. The minimum atomic E-state index is -0.443. The molecule has 1 aromatic heterocycles. The molecule has 1 aromatic carbocycles. The van der Waals surface area contributed by atoms with E-state index in [-0.39, 0.29) is 17.4 Å². The van der Waals surface area contributed by atoms with Crippen molar-refractivity contribution in [2.45, 2.75) is 43.7 Å². The topological polar surface area (TPSA) is 83.9 Å². The lowest BCUT2D eigenvalue weighted by Gasteiger charge is -2.43. The van der Waals surface area contributed by atoms with Crippen molar-refractivity contribution in [1.82, 2.24) is 9.88 Å². The number of nitrogens with zero attached hydrogens (tertiary/aromatic N) is 2. The number of carbonyl (C=O) groups is 1. The Morgan fingerprint density at radius 1 is 1.15 bits per heavy atom. The number of piperidine rings is 1. The lowest BCUT2D eigenvalue weighted by atomic mass is 9.85. The first-order valence-corrected chi connectivity index (χ1v) is 12.8. The van der Waals surface area contributed by atoms with Crippen LogP contribution in [0, 0.1) is 17.8 Å². The van der Waals surface area contributed by atoms with E-state index in [4.69, 9.17) is 21.1 Å². The molecule has 4 fully saturated rings. The van der Waals surface area contributed by atoms with Crippen LogP contribution in [0.4, 0.5) is 5.82 Å². The van der Waals surface area contributed by atoms with Gasteiger partial charge >= 0.3 is 0 Å². The van der Waals surface area contributed by atoms with Crippen LogP contribution in [0.1, 0.15) is 37.7 Å². The molecule has 2 aromatic rings. The molecule has 4 aliphatic rings. The van der Waals surface area contributed by atoms with Crippen molar-refractivity contribution >= 4 is 34.1 Å². The summed E-state index contributed by atoms with van der Waals surface area (Å²) in [4.78, 5) is 19.6. The molecule has 0 spiro atoms. The second kappa shape index (κ2) is 8.71. The van der Waals surface area contributed by atoms with Gasteiger partial charge in [0.2, 0.25) is 5.91 Å². The van der Waals surface area contributed by atoms with Crippen molar-refractivity contribution in [2.75, 3.05) is 44.8 Å². The van der Waals surface area contributed by atoms with E-state index in [0.717, 1.165) is 60.3 Å². The Kier molecular flexibility index (Phi) is 5.81. The molecule has 2 N–H and O–H groups in total. The molecule has 3 aliphatic heterocycles. The SMILES string of the molecule is C[C@@]1(N2CCC(c3cc4cc(NC(=O)[C@@H]5[C@@H]6COCC[C@@H]65)ncc4cc3Cl)CC2)COC[C@@H]1O. The smallest absolute Gasteiger partial charge is 0.229 e. The summed E-state index contributed by atoms with van der Waals surface area (Å²) in [7, 11) is 0. The molecule has 182 valence electrons. The number of rotatable bonds is 4. The number of hydrogen-bond acceptors (Lipinski definition) is 6. The maximum Gasteiger partial charge on any atom is 0.229 e. The third-order valence-corrected chi connectivity index (χ3v) is 9.00. The van der Waals surface area contributed by atoms with Crippen LogP contribution in [-0.4, -0.2) is 72.1 Å². The number of amides is 1. The number of hydrogen-bond donors (Lipinski definition) is 2. The Morgan fingerprint density at radius 2 is 1.97 bits per heavy atom. The quantitative estimate of drug-likeness (QED) is 0.690. The van der Waals surface area contributed by atoms with Gasteiger partial charge in [-0.2, -0.15) is 0 Å². The Labute approximate surface area is 204 Å². The number of benzene rings is 1. The summed E-state index contributed by atoms with van der Waals surface area (Å²) >= 11 is 6.71. The highest BCUT2D eigenvalue weighted by molar-refractivity contribution is 6.32. The Balaban J connectivity index is 1.16. The fourth-order valence-corrected chi connectivity index (χ4v) is 6.65. The highest BCUT2D eigenvalue weighted by Gasteiger charge is 2.55. The van der Waals surface area contributed by atoms with Crippen LogP contribution in [0.2, 0.25) is 5.02 Å². The summed E-state index contributed by atoms with van der Waals surface area (Å²) in [6, 6.07) is 6.10. The van der Waals surface area contributed by atoms with Crippen LogP contribution in [0.3, 0.4) is 0 Å². The first-order chi connectivity index (χ1) is 16.4. The van der Waals surface area contributed by atoms with E-state index in [1.165, 1.54) is 0 Å². The third kappa shape index (κ3) is 3.91. The van der Waals surface area contributed by atoms with E-state index >= 15 is 0 Å². The Bertz CT molecular complexity index is 1090. The van der Waals surface area contributed by atoms with Gasteiger partial charge in [0.15, 0.2) is 0 Å². The minimum absolute atomic E-state index is 0.0524. The molecule has 0 unspecified atom stereocenters. The lowest BCUT2D eigenvalue weighted by Crippen LogP contribution is -2.56. The first-order valence-electron chi connectivity index (χ1n) is 12.4. The molecular weight excluding hydrogens is 454 g/mol. The molecular formula is C26H32ClN3O4. The van der Waals surface area contributed by atoms with Crippen molar-refractivity contribution in [3.63, 3.8) is 0 Å². The number of aliphatic hydroxyl groups is 1. The van der Waals surface area contributed by atoms with E-state index in [1.54, 1.807) is 6.20 Å². The van der Waals surface area contributed by atoms with Gasteiger partial charge in [0.1, 0.15) is 5.82 Å².